The third-order valence-corrected chi connectivity index (χ3v) is 1.49. The van der Waals surface area contributed by atoms with Gasteiger partial charge in [0.2, 0.25) is 0 Å². The fraction of sp³-hybridized carbons (Fsp3) is 0.143. The molecule has 2 aromatic rings. The van der Waals surface area contributed by atoms with Gasteiger partial charge in [0, 0.05) is 0 Å². The van der Waals surface area contributed by atoms with Crippen LogP contribution in [0.2, 0.25) is 0 Å². The molecule has 0 unspecified atom stereocenters. The van der Waals surface area contributed by atoms with E-state index in [1.165, 1.54) is 4.57 Å². The second kappa shape index (κ2) is 1.95. The number of hydrogen-bond acceptors (Lipinski definition) is 3. The maximum absolute atomic E-state index is 10.6. The molecule has 0 fully saturated rings. The number of hydrogen-bond donors (Lipinski definition) is 0. The fourth-order valence-electron chi connectivity index (χ4n) is 0.983. The van der Waals surface area contributed by atoms with Crippen molar-refractivity contribution in [2.24, 2.45) is 0 Å². The van der Waals surface area contributed by atoms with Gasteiger partial charge in [-0.2, -0.15) is 9.56 Å². The van der Waals surface area contributed by atoms with Crippen LogP contribution in [0, 0.1) is 6.92 Å². The topological polar surface area (TPSA) is 47.5 Å². The summed E-state index contributed by atoms with van der Waals surface area (Å²) in [5.74, 6) is -0.556. The van der Waals surface area contributed by atoms with Gasteiger partial charge >= 0.3 is 5.76 Å². The molecule has 4 nitrogen and oxygen atoms in total. The van der Waals surface area contributed by atoms with Crippen molar-refractivity contribution in [3.63, 3.8) is 0 Å². The van der Waals surface area contributed by atoms with Crippen molar-refractivity contribution in [1.82, 2.24) is 9.56 Å². The molecule has 0 saturated carbocycles. The Labute approximate surface area is 62.1 Å². The van der Waals surface area contributed by atoms with Crippen molar-refractivity contribution in [2.45, 2.75) is 6.92 Å². The van der Waals surface area contributed by atoms with Crippen LogP contribution in [0.15, 0.2) is 27.5 Å². The highest BCUT2D eigenvalue weighted by Gasteiger charge is 1.99. The standard InChI is InChI=1S/C7H6N2O2/c1-5-3-2-4-6-8-7(10)11-9(5)6/h2-4H,1H3. The smallest absolute Gasteiger partial charge is 0.314 e. The Bertz CT molecular complexity index is 441. The largest absolute Gasteiger partial charge is 0.460 e. The first-order valence-corrected chi connectivity index (χ1v) is 3.23. The van der Waals surface area contributed by atoms with Crippen molar-refractivity contribution < 1.29 is 4.52 Å². The summed E-state index contributed by atoms with van der Waals surface area (Å²) >= 11 is 0. The van der Waals surface area contributed by atoms with Gasteiger partial charge in [-0.15, -0.1) is 0 Å². The number of fused-ring (bicyclic) bond motifs is 1. The molecule has 0 saturated heterocycles. The molecule has 0 aliphatic heterocycles. The minimum absolute atomic E-state index is 0.551. The van der Waals surface area contributed by atoms with Crippen LogP contribution in [0.25, 0.3) is 5.65 Å². The molecule has 0 amide bonds. The third-order valence-electron chi connectivity index (χ3n) is 1.49. The highest BCUT2D eigenvalue weighted by atomic mass is 16.5. The molecule has 11 heavy (non-hydrogen) atoms. The van der Waals surface area contributed by atoms with E-state index in [0.717, 1.165) is 5.69 Å². The molecular weight excluding hydrogens is 144 g/mol. The Morgan fingerprint density at radius 2 is 2.36 bits per heavy atom. The summed E-state index contributed by atoms with van der Waals surface area (Å²) in [5.41, 5.74) is 1.41. The molecule has 0 bridgehead atoms. The highest BCUT2D eigenvalue weighted by Crippen LogP contribution is 2.00. The van der Waals surface area contributed by atoms with Crippen molar-refractivity contribution in [2.75, 3.05) is 0 Å². The zero-order valence-electron chi connectivity index (χ0n) is 5.94. The molecule has 2 heterocycles. The lowest BCUT2D eigenvalue weighted by molar-refractivity contribution is 0.338. The molecule has 56 valence electrons. The average Bonchev–Trinajstić information content (AvgIpc) is 2.31. The highest BCUT2D eigenvalue weighted by molar-refractivity contribution is 5.36. The molecule has 0 radical (unpaired) electrons. The SMILES string of the molecule is Cc1cccc2nc(=O)on12. The predicted octanol–water partition coefficient (Wildman–Crippen LogP) is 0.596. The lowest BCUT2D eigenvalue weighted by atomic mass is 10.4. The van der Waals surface area contributed by atoms with Crippen LogP contribution in [0.5, 0.6) is 0 Å². The van der Waals surface area contributed by atoms with Gasteiger partial charge in [-0.05, 0) is 19.1 Å². The first-order valence-electron chi connectivity index (χ1n) is 3.23. The molecule has 0 aliphatic carbocycles. The molecule has 4 heteroatoms. The van der Waals surface area contributed by atoms with Crippen LogP contribution in [0.1, 0.15) is 5.69 Å². The van der Waals surface area contributed by atoms with Gasteiger partial charge in [0.05, 0.1) is 5.69 Å². The van der Waals surface area contributed by atoms with E-state index in [9.17, 15) is 4.79 Å². The fourth-order valence-corrected chi connectivity index (χ4v) is 0.983. The second-order valence-electron chi connectivity index (χ2n) is 2.29. The summed E-state index contributed by atoms with van der Waals surface area (Å²) in [5, 5.41) is 0. The van der Waals surface area contributed by atoms with Crippen molar-refractivity contribution in [3.8, 4) is 0 Å². The van der Waals surface area contributed by atoms with Crippen molar-refractivity contribution >= 4 is 5.65 Å². The van der Waals surface area contributed by atoms with E-state index in [4.69, 9.17) is 4.52 Å². The Hall–Kier alpha value is -1.58. The summed E-state index contributed by atoms with van der Waals surface area (Å²) in [6.07, 6.45) is 0. The van der Waals surface area contributed by atoms with E-state index >= 15 is 0 Å². The maximum Gasteiger partial charge on any atom is 0.460 e. The molecular formula is C7H6N2O2. The Morgan fingerprint density at radius 3 is 3.09 bits per heavy atom. The monoisotopic (exact) mass is 150 g/mol. The molecule has 0 atom stereocenters. The Balaban J connectivity index is 3.01. The van der Waals surface area contributed by atoms with Crippen LogP contribution in [-0.2, 0) is 0 Å². The van der Waals surface area contributed by atoms with Crippen molar-refractivity contribution in [1.29, 1.82) is 0 Å². The van der Waals surface area contributed by atoms with E-state index < -0.39 is 5.76 Å². The van der Waals surface area contributed by atoms with Gasteiger partial charge in [-0.25, -0.2) is 4.79 Å². The lowest BCUT2D eigenvalue weighted by Crippen LogP contribution is -1.93. The predicted molar refractivity (Wildman–Crippen MR) is 38.5 cm³/mol. The normalized spacial score (nSPS) is 10.6. The van der Waals surface area contributed by atoms with Gasteiger partial charge < -0.3 is 4.52 Å². The van der Waals surface area contributed by atoms with E-state index in [0.29, 0.717) is 5.65 Å². The molecule has 0 aliphatic rings. The number of pyridine rings is 1. The van der Waals surface area contributed by atoms with Gasteiger partial charge in [-0.1, -0.05) is 6.07 Å². The molecule has 0 spiro atoms. The van der Waals surface area contributed by atoms with Crippen LogP contribution in [0.3, 0.4) is 0 Å². The van der Waals surface area contributed by atoms with Gasteiger partial charge in [0.1, 0.15) is 0 Å². The van der Waals surface area contributed by atoms with E-state index in [1.54, 1.807) is 6.07 Å². The minimum Gasteiger partial charge on any atom is -0.314 e. The summed E-state index contributed by atoms with van der Waals surface area (Å²) in [6, 6.07) is 5.39. The van der Waals surface area contributed by atoms with Gasteiger partial charge in [0.25, 0.3) is 0 Å². The summed E-state index contributed by atoms with van der Waals surface area (Å²) in [4.78, 5) is 14.3. The molecule has 2 rings (SSSR count). The number of aryl methyl sites for hydroxylation is 1. The number of nitrogens with zero attached hydrogens (tertiary/aromatic N) is 2. The summed E-state index contributed by atoms with van der Waals surface area (Å²) in [6.45, 7) is 1.84. The zero-order chi connectivity index (χ0) is 7.84. The van der Waals surface area contributed by atoms with Crippen LogP contribution in [0.4, 0.5) is 0 Å². The van der Waals surface area contributed by atoms with Crippen LogP contribution < -0.4 is 5.76 Å². The summed E-state index contributed by atoms with van der Waals surface area (Å²) in [7, 11) is 0. The Morgan fingerprint density at radius 1 is 1.55 bits per heavy atom. The quantitative estimate of drug-likeness (QED) is 0.552. The first kappa shape index (κ1) is 6.15. The number of rotatable bonds is 0. The zero-order valence-corrected chi connectivity index (χ0v) is 5.94. The molecule has 0 aromatic carbocycles. The van der Waals surface area contributed by atoms with E-state index in [2.05, 4.69) is 4.98 Å². The summed E-state index contributed by atoms with van der Waals surface area (Å²) < 4.78 is 6.15. The molecule has 2 aromatic heterocycles. The van der Waals surface area contributed by atoms with Gasteiger partial charge in [0.15, 0.2) is 5.65 Å². The maximum atomic E-state index is 10.6. The van der Waals surface area contributed by atoms with Gasteiger partial charge in [-0.3, -0.25) is 0 Å². The first-order chi connectivity index (χ1) is 5.27. The van der Waals surface area contributed by atoms with Crippen LogP contribution in [-0.4, -0.2) is 9.56 Å². The van der Waals surface area contributed by atoms with Crippen LogP contribution >= 0.6 is 0 Å². The lowest BCUT2D eigenvalue weighted by Gasteiger charge is -1.92. The van der Waals surface area contributed by atoms with Crippen molar-refractivity contribution in [3.05, 3.63) is 34.4 Å². The average molecular weight is 150 g/mol. The Kier molecular flexibility index (Phi) is 1.09. The minimum atomic E-state index is -0.556. The number of aromatic nitrogens is 2. The van der Waals surface area contributed by atoms with E-state index in [-0.39, 0.29) is 0 Å². The third kappa shape index (κ3) is 0.832. The second-order valence-corrected chi connectivity index (χ2v) is 2.29. The van der Waals surface area contributed by atoms with E-state index in [1.807, 2.05) is 19.1 Å². The molecule has 0 N–H and O–H groups in total.